The fraction of sp³-hybridized carbons (Fsp3) is 0.100. The Hall–Kier alpha value is -2.83. The summed E-state index contributed by atoms with van der Waals surface area (Å²) < 4.78 is 30.2. The number of hydrogen-bond acceptors (Lipinski definition) is 5. The average molecular weight is 366 g/mol. The van der Waals surface area contributed by atoms with Crippen molar-refractivity contribution in [3.63, 3.8) is 0 Å². The van der Waals surface area contributed by atoms with Gasteiger partial charge in [-0.25, -0.2) is 4.18 Å². The monoisotopic (exact) mass is 366 g/mol. The van der Waals surface area contributed by atoms with Crippen molar-refractivity contribution in [2.45, 2.75) is 17.9 Å². The molecule has 26 heavy (non-hydrogen) atoms. The second kappa shape index (κ2) is 5.86. The van der Waals surface area contributed by atoms with E-state index in [1.165, 1.54) is 12.1 Å². The number of hydrogen-bond donors (Lipinski definition) is 0. The first kappa shape index (κ1) is 16.6. The van der Waals surface area contributed by atoms with Gasteiger partial charge in [-0.3, -0.25) is 9.59 Å². The van der Waals surface area contributed by atoms with E-state index in [4.69, 9.17) is 4.18 Å². The Kier molecular flexibility index (Phi) is 3.75. The van der Waals surface area contributed by atoms with Gasteiger partial charge in [-0.2, -0.15) is 8.42 Å². The van der Waals surface area contributed by atoms with Gasteiger partial charge < -0.3 is 0 Å². The molecular formula is C20H14O5S. The molecule has 0 saturated carbocycles. The molecule has 0 atom stereocenters. The molecule has 6 heteroatoms. The van der Waals surface area contributed by atoms with Crippen LogP contribution >= 0.6 is 0 Å². The van der Waals surface area contributed by atoms with Gasteiger partial charge in [0.1, 0.15) is 0 Å². The van der Waals surface area contributed by atoms with Crippen LogP contribution in [0.3, 0.4) is 0 Å². The van der Waals surface area contributed by atoms with Crippen LogP contribution in [0.5, 0.6) is 0 Å². The number of Topliss-reactive ketones (excluding diaryl/α,β-unsaturated/α-hetero) is 2. The first-order valence-corrected chi connectivity index (χ1v) is 9.39. The Labute approximate surface area is 150 Å². The number of aryl methyl sites for hydroxylation is 1. The molecule has 1 aliphatic rings. The molecule has 0 saturated heterocycles. The summed E-state index contributed by atoms with van der Waals surface area (Å²) >= 11 is 0. The molecule has 1 aliphatic carbocycles. The molecule has 0 heterocycles. The molecule has 0 amide bonds. The Morgan fingerprint density at radius 3 is 1.88 bits per heavy atom. The lowest BCUT2D eigenvalue weighted by atomic mass is 9.85. The molecule has 0 spiro atoms. The summed E-state index contributed by atoms with van der Waals surface area (Å²) in [4.78, 5) is 25.4. The summed E-state index contributed by atoms with van der Waals surface area (Å²) in [5, 5.41) is 1.29. The van der Waals surface area contributed by atoms with Gasteiger partial charge in [0.2, 0.25) is 17.7 Å². The van der Waals surface area contributed by atoms with Gasteiger partial charge in [0.25, 0.3) is 10.1 Å². The molecule has 0 aromatic heterocycles. The fourth-order valence-corrected chi connectivity index (χ4v) is 4.14. The van der Waals surface area contributed by atoms with E-state index >= 15 is 0 Å². The highest BCUT2D eigenvalue weighted by molar-refractivity contribution is 7.86. The van der Waals surface area contributed by atoms with Crippen molar-refractivity contribution in [2.75, 3.05) is 0 Å². The summed E-state index contributed by atoms with van der Waals surface area (Å²) in [6.07, 6.45) is -1.71. The van der Waals surface area contributed by atoms with E-state index in [2.05, 4.69) is 0 Å². The highest BCUT2D eigenvalue weighted by Gasteiger charge is 2.40. The van der Waals surface area contributed by atoms with Crippen molar-refractivity contribution in [1.82, 2.24) is 0 Å². The van der Waals surface area contributed by atoms with Gasteiger partial charge in [-0.15, -0.1) is 0 Å². The quantitative estimate of drug-likeness (QED) is 0.525. The molecule has 0 bridgehead atoms. The zero-order valence-electron chi connectivity index (χ0n) is 13.8. The second-order valence-corrected chi connectivity index (χ2v) is 7.75. The van der Waals surface area contributed by atoms with Crippen molar-refractivity contribution < 1.29 is 22.2 Å². The first-order valence-electron chi connectivity index (χ1n) is 7.98. The van der Waals surface area contributed by atoms with E-state index < -0.39 is 27.8 Å². The van der Waals surface area contributed by atoms with E-state index in [1.54, 1.807) is 48.5 Å². The van der Waals surface area contributed by atoms with E-state index in [0.29, 0.717) is 16.5 Å². The smallest absolute Gasteiger partial charge is 0.291 e. The summed E-state index contributed by atoms with van der Waals surface area (Å²) in [7, 11) is -4.26. The van der Waals surface area contributed by atoms with Crippen molar-refractivity contribution in [1.29, 1.82) is 0 Å². The van der Waals surface area contributed by atoms with E-state index in [-0.39, 0.29) is 4.90 Å². The maximum absolute atomic E-state index is 12.8. The normalized spacial score (nSPS) is 14.8. The van der Waals surface area contributed by atoms with Crippen molar-refractivity contribution in [2.24, 2.45) is 0 Å². The molecule has 3 aromatic rings. The van der Waals surface area contributed by atoms with Gasteiger partial charge in [-0.1, -0.05) is 54.1 Å². The second-order valence-electron chi connectivity index (χ2n) is 6.18. The molecule has 0 fully saturated rings. The fourth-order valence-electron chi connectivity index (χ4n) is 3.13. The summed E-state index contributed by atoms with van der Waals surface area (Å²) in [6, 6.07) is 16.2. The topological polar surface area (TPSA) is 77.5 Å². The predicted octanol–water partition coefficient (Wildman–Crippen LogP) is 3.30. The van der Waals surface area contributed by atoms with Crippen LogP contribution in [0.1, 0.15) is 26.3 Å². The number of rotatable bonds is 3. The third kappa shape index (κ3) is 2.55. The highest BCUT2D eigenvalue weighted by Crippen LogP contribution is 2.32. The van der Waals surface area contributed by atoms with E-state index in [1.807, 2.05) is 6.92 Å². The maximum atomic E-state index is 12.8. The molecule has 0 aliphatic heterocycles. The highest BCUT2D eigenvalue weighted by atomic mass is 32.2. The van der Waals surface area contributed by atoms with Crippen molar-refractivity contribution >= 4 is 32.5 Å². The minimum absolute atomic E-state index is 0.0965. The van der Waals surface area contributed by atoms with Crippen LogP contribution in [0.15, 0.2) is 65.6 Å². The number of carbonyl (C=O) groups is 2. The van der Waals surface area contributed by atoms with Crippen molar-refractivity contribution in [3.05, 3.63) is 77.4 Å². The lowest BCUT2D eigenvalue weighted by molar-refractivity contribution is 0.0673. The maximum Gasteiger partial charge on any atom is 0.298 e. The largest absolute Gasteiger partial charge is 0.298 e. The first-order chi connectivity index (χ1) is 12.4. The molecule has 3 aromatic carbocycles. The molecule has 0 radical (unpaired) electrons. The molecule has 0 N–H and O–H groups in total. The van der Waals surface area contributed by atoms with E-state index in [0.717, 1.165) is 10.9 Å². The van der Waals surface area contributed by atoms with Crippen molar-refractivity contribution in [3.8, 4) is 0 Å². The third-order valence-corrected chi connectivity index (χ3v) is 5.74. The third-order valence-electron chi connectivity index (χ3n) is 4.44. The summed E-state index contributed by atoms with van der Waals surface area (Å²) in [5.41, 5.74) is 1.47. The van der Waals surface area contributed by atoms with Gasteiger partial charge in [0.15, 0.2) is 0 Å². The van der Waals surface area contributed by atoms with Crippen LogP contribution in [-0.4, -0.2) is 26.1 Å². The lowest BCUT2D eigenvalue weighted by Crippen LogP contribution is -2.38. The zero-order valence-corrected chi connectivity index (χ0v) is 14.6. The summed E-state index contributed by atoms with van der Waals surface area (Å²) in [5.74, 6) is -1.29. The number of benzene rings is 3. The van der Waals surface area contributed by atoms with E-state index in [9.17, 15) is 18.0 Å². The Balaban J connectivity index is 1.78. The number of ketones is 2. The standard InChI is InChI=1S/C20H14O5S/c1-12-8-10-14(11-9-12)26(23,24)25-20-18(21)15-6-2-4-13-5-3-7-16(17(13)15)19(20)22/h2-11,20H,1H3. The minimum Gasteiger partial charge on any atom is -0.291 e. The molecular weight excluding hydrogens is 352 g/mol. The van der Waals surface area contributed by atoms with Crippen LogP contribution in [-0.2, 0) is 14.3 Å². The Morgan fingerprint density at radius 1 is 0.808 bits per heavy atom. The zero-order chi connectivity index (χ0) is 18.5. The molecule has 130 valence electrons. The summed E-state index contributed by atoms with van der Waals surface area (Å²) in [6.45, 7) is 1.82. The van der Waals surface area contributed by atoms with Gasteiger partial charge in [0, 0.05) is 16.5 Å². The molecule has 5 nitrogen and oxygen atoms in total. The van der Waals surface area contributed by atoms with Crippen LogP contribution < -0.4 is 0 Å². The van der Waals surface area contributed by atoms with Crippen LogP contribution in [0.25, 0.3) is 10.8 Å². The van der Waals surface area contributed by atoms with Gasteiger partial charge in [0.05, 0.1) is 4.90 Å². The minimum atomic E-state index is -4.26. The van der Waals surface area contributed by atoms with Crippen LogP contribution in [0, 0.1) is 6.92 Å². The SMILES string of the molecule is Cc1ccc(S(=O)(=O)OC2C(=O)c3cccc4cccc(c34)C2=O)cc1. The van der Waals surface area contributed by atoms with Gasteiger partial charge >= 0.3 is 0 Å². The van der Waals surface area contributed by atoms with Crippen LogP contribution in [0.2, 0.25) is 0 Å². The Morgan fingerprint density at radius 2 is 1.35 bits per heavy atom. The van der Waals surface area contributed by atoms with Gasteiger partial charge in [-0.05, 0) is 24.4 Å². The average Bonchev–Trinajstić information content (AvgIpc) is 2.63. The van der Waals surface area contributed by atoms with Crippen LogP contribution in [0.4, 0.5) is 0 Å². The lowest BCUT2D eigenvalue weighted by Gasteiger charge is -2.22. The Bertz CT molecular complexity index is 1110. The molecule has 0 unspecified atom stereocenters. The predicted molar refractivity (Wildman–Crippen MR) is 95.8 cm³/mol. The molecule has 4 rings (SSSR count). The number of carbonyl (C=O) groups excluding carboxylic acids is 2.